The van der Waals surface area contributed by atoms with Crippen LogP contribution in [0, 0.1) is 0 Å². The highest BCUT2D eigenvalue weighted by Gasteiger charge is 2.12. The first-order valence-electron chi connectivity index (χ1n) is 5.81. The second-order valence-electron chi connectivity index (χ2n) is 3.79. The summed E-state index contributed by atoms with van der Waals surface area (Å²) in [6.45, 7) is 1.07. The predicted octanol–water partition coefficient (Wildman–Crippen LogP) is 1.04. The highest BCUT2D eigenvalue weighted by Crippen LogP contribution is 2.23. The molecule has 0 aromatic carbocycles. The molecule has 0 fully saturated rings. The van der Waals surface area contributed by atoms with E-state index >= 15 is 0 Å². The summed E-state index contributed by atoms with van der Waals surface area (Å²) in [6.07, 6.45) is 0. The van der Waals surface area contributed by atoms with Crippen molar-refractivity contribution in [3.63, 3.8) is 0 Å². The van der Waals surface area contributed by atoms with Gasteiger partial charge in [0.25, 0.3) is 5.89 Å². The molecule has 3 aromatic heterocycles. The molecule has 104 valence electrons. The van der Waals surface area contributed by atoms with Crippen LogP contribution in [0.25, 0.3) is 11.5 Å². The number of aromatic nitrogens is 6. The van der Waals surface area contributed by atoms with Gasteiger partial charge in [0.15, 0.2) is 5.82 Å². The number of nitrogens with zero attached hydrogens (tertiary/aromatic N) is 6. The Morgan fingerprint density at radius 2 is 2.40 bits per heavy atom. The molecule has 0 bridgehead atoms. The fraction of sp³-hybridized carbons (Fsp3) is 0.300. The Kier molecular flexibility index (Phi) is 4.04. The van der Waals surface area contributed by atoms with Crippen molar-refractivity contribution in [3.8, 4) is 11.5 Å². The Morgan fingerprint density at radius 1 is 1.45 bits per heavy atom. The van der Waals surface area contributed by atoms with Crippen LogP contribution in [0.3, 0.4) is 0 Å². The molecule has 0 saturated heterocycles. The molecular formula is C10H11N7OS2. The van der Waals surface area contributed by atoms with Gasteiger partial charge in [-0.1, -0.05) is 16.9 Å². The highest BCUT2D eigenvalue weighted by atomic mass is 32.2. The Labute approximate surface area is 122 Å². The van der Waals surface area contributed by atoms with E-state index in [0.717, 1.165) is 5.56 Å². The van der Waals surface area contributed by atoms with Crippen molar-refractivity contribution in [3.05, 3.63) is 22.7 Å². The Morgan fingerprint density at radius 3 is 3.20 bits per heavy atom. The fourth-order valence-corrected chi connectivity index (χ4v) is 2.88. The summed E-state index contributed by atoms with van der Waals surface area (Å²) in [5.41, 5.74) is 6.43. The van der Waals surface area contributed by atoms with E-state index in [1.54, 1.807) is 16.0 Å². The van der Waals surface area contributed by atoms with Crippen LogP contribution in [0.5, 0.6) is 0 Å². The van der Waals surface area contributed by atoms with Crippen LogP contribution in [-0.4, -0.2) is 36.9 Å². The minimum atomic E-state index is 0.489. The van der Waals surface area contributed by atoms with E-state index in [-0.39, 0.29) is 0 Å². The largest absolute Gasteiger partial charge is 0.334 e. The molecule has 0 spiro atoms. The zero-order valence-electron chi connectivity index (χ0n) is 10.3. The first kappa shape index (κ1) is 13.2. The number of hydrogen-bond acceptors (Lipinski definition) is 9. The molecule has 0 saturated carbocycles. The van der Waals surface area contributed by atoms with Gasteiger partial charge in [0, 0.05) is 11.9 Å². The van der Waals surface area contributed by atoms with Crippen molar-refractivity contribution in [2.75, 3.05) is 6.54 Å². The van der Waals surface area contributed by atoms with Crippen LogP contribution in [0.1, 0.15) is 5.82 Å². The zero-order chi connectivity index (χ0) is 13.8. The average Bonchev–Trinajstić information content (AvgIpc) is 3.18. The molecule has 0 aliphatic heterocycles. The summed E-state index contributed by atoms with van der Waals surface area (Å²) in [7, 11) is 0. The minimum absolute atomic E-state index is 0.489. The molecule has 0 aliphatic rings. The molecule has 3 aromatic rings. The van der Waals surface area contributed by atoms with Gasteiger partial charge in [-0.25, -0.2) is 4.68 Å². The normalized spacial score (nSPS) is 11.1. The second-order valence-corrected chi connectivity index (χ2v) is 5.51. The van der Waals surface area contributed by atoms with Gasteiger partial charge in [0.2, 0.25) is 5.16 Å². The summed E-state index contributed by atoms with van der Waals surface area (Å²) < 4.78 is 6.87. The van der Waals surface area contributed by atoms with Gasteiger partial charge in [0.05, 0.1) is 17.9 Å². The molecule has 0 unspecified atom stereocenters. The summed E-state index contributed by atoms with van der Waals surface area (Å²) in [6, 6.07) is 1.94. The van der Waals surface area contributed by atoms with E-state index in [0.29, 0.717) is 35.7 Å². The van der Waals surface area contributed by atoms with Crippen LogP contribution in [0.4, 0.5) is 0 Å². The number of thiophene rings is 1. The average molecular weight is 309 g/mol. The van der Waals surface area contributed by atoms with Crippen molar-refractivity contribution in [1.82, 2.24) is 30.3 Å². The monoisotopic (exact) mass is 309 g/mol. The summed E-state index contributed by atoms with van der Waals surface area (Å²) in [5.74, 6) is 1.68. The maximum Gasteiger partial charge on any atom is 0.258 e. The standard InChI is InChI=1S/C10H11N7OS2/c11-2-3-17-10(13-15-16-17)20-6-8-12-9(18-14-8)7-1-4-19-5-7/h1,4-5H,2-3,6,11H2. The second kappa shape index (κ2) is 6.11. The van der Waals surface area contributed by atoms with Crippen LogP contribution in [-0.2, 0) is 12.3 Å². The molecule has 2 N–H and O–H groups in total. The number of nitrogens with two attached hydrogens (primary N) is 1. The lowest BCUT2D eigenvalue weighted by molar-refractivity contribution is 0.425. The van der Waals surface area contributed by atoms with Crippen molar-refractivity contribution < 1.29 is 4.52 Å². The predicted molar refractivity (Wildman–Crippen MR) is 74.0 cm³/mol. The van der Waals surface area contributed by atoms with E-state index in [1.807, 2.05) is 16.8 Å². The lowest BCUT2D eigenvalue weighted by Gasteiger charge is -1.99. The molecule has 3 rings (SSSR count). The maximum absolute atomic E-state index is 5.49. The van der Waals surface area contributed by atoms with Gasteiger partial charge >= 0.3 is 0 Å². The number of thioether (sulfide) groups is 1. The highest BCUT2D eigenvalue weighted by molar-refractivity contribution is 7.98. The van der Waals surface area contributed by atoms with E-state index < -0.39 is 0 Å². The molecule has 0 amide bonds. The Bertz CT molecular complexity index is 663. The van der Waals surface area contributed by atoms with Crippen molar-refractivity contribution in [1.29, 1.82) is 0 Å². The molecule has 20 heavy (non-hydrogen) atoms. The topological polar surface area (TPSA) is 109 Å². The van der Waals surface area contributed by atoms with E-state index in [4.69, 9.17) is 10.3 Å². The lowest BCUT2D eigenvalue weighted by atomic mass is 10.3. The van der Waals surface area contributed by atoms with Gasteiger partial charge in [-0.05, 0) is 21.9 Å². The summed E-state index contributed by atoms with van der Waals surface area (Å²) in [4.78, 5) is 4.33. The zero-order valence-corrected chi connectivity index (χ0v) is 12.0. The van der Waals surface area contributed by atoms with Gasteiger partial charge in [-0.15, -0.1) is 5.10 Å². The van der Waals surface area contributed by atoms with Gasteiger partial charge in [-0.2, -0.15) is 16.3 Å². The van der Waals surface area contributed by atoms with Gasteiger partial charge in [-0.3, -0.25) is 0 Å². The lowest BCUT2D eigenvalue weighted by Crippen LogP contribution is -2.12. The molecule has 0 radical (unpaired) electrons. The smallest absolute Gasteiger partial charge is 0.258 e. The van der Waals surface area contributed by atoms with E-state index in [9.17, 15) is 0 Å². The first-order chi connectivity index (χ1) is 9.86. The quantitative estimate of drug-likeness (QED) is 0.673. The van der Waals surface area contributed by atoms with E-state index in [1.165, 1.54) is 11.8 Å². The fourth-order valence-electron chi connectivity index (χ4n) is 1.51. The van der Waals surface area contributed by atoms with Crippen LogP contribution >= 0.6 is 23.1 Å². The summed E-state index contributed by atoms with van der Waals surface area (Å²) in [5, 5.41) is 20.0. The summed E-state index contributed by atoms with van der Waals surface area (Å²) >= 11 is 3.03. The molecule has 8 nitrogen and oxygen atoms in total. The van der Waals surface area contributed by atoms with Crippen molar-refractivity contribution in [2.45, 2.75) is 17.5 Å². The third kappa shape index (κ3) is 2.86. The van der Waals surface area contributed by atoms with Crippen LogP contribution in [0.15, 0.2) is 26.5 Å². The molecule has 3 heterocycles. The molecule has 0 aliphatic carbocycles. The van der Waals surface area contributed by atoms with Crippen LogP contribution in [0.2, 0.25) is 0 Å². The number of hydrogen-bond donors (Lipinski definition) is 1. The number of rotatable bonds is 6. The minimum Gasteiger partial charge on any atom is -0.334 e. The maximum atomic E-state index is 5.49. The molecule has 10 heteroatoms. The first-order valence-corrected chi connectivity index (χ1v) is 7.74. The number of tetrazole rings is 1. The Hall–Kier alpha value is -1.78. The van der Waals surface area contributed by atoms with Crippen molar-refractivity contribution in [2.24, 2.45) is 5.73 Å². The third-order valence-electron chi connectivity index (χ3n) is 2.41. The molecule has 0 atom stereocenters. The van der Waals surface area contributed by atoms with Crippen LogP contribution < -0.4 is 5.73 Å². The SMILES string of the molecule is NCCn1nnnc1SCc1noc(-c2ccsc2)n1. The van der Waals surface area contributed by atoms with Gasteiger partial charge in [0.1, 0.15) is 0 Å². The molecular weight excluding hydrogens is 298 g/mol. The third-order valence-corrected chi connectivity index (χ3v) is 4.04. The Balaban J connectivity index is 1.65. The van der Waals surface area contributed by atoms with Crippen molar-refractivity contribution >= 4 is 23.1 Å². The van der Waals surface area contributed by atoms with Gasteiger partial charge < -0.3 is 10.3 Å². The van der Waals surface area contributed by atoms with E-state index in [2.05, 4.69) is 25.7 Å².